The van der Waals surface area contributed by atoms with E-state index in [1.54, 1.807) is 19.1 Å². The third-order valence-corrected chi connectivity index (χ3v) is 5.40. The molecular weight excluding hydrogens is 366 g/mol. The molecule has 2 N–H and O–H groups in total. The van der Waals surface area contributed by atoms with Gasteiger partial charge in [-0.2, -0.15) is 16.5 Å². The van der Waals surface area contributed by atoms with Crippen molar-refractivity contribution in [1.82, 2.24) is 4.72 Å². The molecule has 0 aliphatic carbocycles. The predicted molar refractivity (Wildman–Crippen MR) is 83.6 cm³/mol. The van der Waals surface area contributed by atoms with E-state index in [1.807, 2.05) is 6.26 Å². The summed E-state index contributed by atoms with van der Waals surface area (Å²) in [5, 5.41) is 9.09. The highest BCUT2D eigenvalue weighted by Gasteiger charge is 2.26. The Morgan fingerprint density at radius 2 is 2.15 bits per heavy atom. The number of rotatable bonds is 7. The highest BCUT2D eigenvalue weighted by atomic mass is 79.9. The van der Waals surface area contributed by atoms with Crippen molar-refractivity contribution in [2.45, 2.75) is 24.3 Å². The van der Waals surface area contributed by atoms with E-state index < -0.39 is 22.0 Å². The van der Waals surface area contributed by atoms with E-state index >= 15 is 0 Å². The lowest BCUT2D eigenvalue weighted by Crippen LogP contribution is -2.41. The monoisotopic (exact) mass is 381 g/mol. The summed E-state index contributed by atoms with van der Waals surface area (Å²) >= 11 is 4.68. The predicted octanol–water partition coefficient (Wildman–Crippen LogP) is 2.24. The topological polar surface area (TPSA) is 83.5 Å². The zero-order valence-electron chi connectivity index (χ0n) is 11.1. The van der Waals surface area contributed by atoms with Gasteiger partial charge in [-0.15, -0.1) is 0 Å². The molecule has 0 bridgehead atoms. The van der Waals surface area contributed by atoms with Crippen LogP contribution in [0.25, 0.3) is 0 Å². The van der Waals surface area contributed by atoms with E-state index in [0.29, 0.717) is 15.8 Å². The van der Waals surface area contributed by atoms with Crippen LogP contribution in [0.1, 0.15) is 12.0 Å². The molecule has 5 nitrogen and oxygen atoms in total. The minimum Gasteiger partial charge on any atom is -0.480 e. The minimum absolute atomic E-state index is 0.0854. The number of sulfonamides is 1. The Morgan fingerprint density at radius 1 is 1.50 bits per heavy atom. The zero-order valence-corrected chi connectivity index (χ0v) is 14.3. The average Bonchev–Trinajstić information content (AvgIpc) is 2.36. The van der Waals surface area contributed by atoms with E-state index in [4.69, 9.17) is 5.11 Å². The number of hydrogen-bond acceptors (Lipinski definition) is 4. The fourth-order valence-electron chi connectivity index (χ4n) is 1.58. The summed E-state index contributed by atoms with van der Waals surface area (Å²) in [7, 11) is -3.86. The first-order valence-electron chi connectivity index (χ1n) is 5.78. The lowest BCUT2D eigenvalue weighted by molar-refractivity contribution is -0.139. The van der Waals surface area contributed by atoms with Crippen molar-refractivity contribution in [3.63, 3.8) is 0 Å². The molecule has 0 heterocycles. The molecule has 0 aliphatic rings. The molecule has 0 unspecified atom stereocenters. The fourth-order valence-corrected chi connectivity index (χ4v) is 4.06. The molecule has 0 fully saturated rings. The van der Waals surface area contributed by atoms with E-state index in [0.717, 1.165) is 0 Å². The Labute approximate surface area is 131 Å². The Bertz CT molecular complexity index is 589. The Kier molecular flexibility index (Phi) is 6.50. The maximum Gasteiger partial charge on any atom is 0.321 e. The molecule has 0 aromatic heterocycles. The molecule has 0 spiro atoms. The summed E-state index contributed by atoms with van der Waals surface area (Å²) < 4.78 is 27.4. The summed E-state index contributed by atoms with van der Waals surface area (Å²) in [6, 6.07) is 3.74. The van der Waals surface area contributed by atoms with Crippen molar-refractivity contribution in [3.05, 3.63) is 28.2 Å². The van der Waals surface area contributed by atoms with Crippen LogP contribution in [0.3, 0.4) is 0 Å². The molecule has 1 aromatic rings. The quantitative estimate of drug-likeness (QED) is 0.756. The van der Waals surface area contributed by atoms with Crippen molar-refractivity contribution in [2.24, 2.45) is 0 Å². The van der Waals surface area contributed by atoms with Crippen molar-refractivity contribution in [1.29, 1.82) is 0 Å². The van der Waals surface area contributed by atoms with E-state index in [1.165, 1.54) is 17.8 Å². The normalized spacial score (nSPS) is 13.2. The lowest BCUT2D eigenvalue weighted by Gasteiger charge is -2.15. The van der Waals surface area contributed by atoms with Crippen molar-refractivity contribution in [2.75, 3.05) is 12.0 Å². The second kappa shape index (κ2) is 7.44. The molecule has 1 rings (SSSR count). The Hall–Kier alpha value is -0.570. The van der Waals surface area contributed by atoms with Gasteiger partial charge in [-0.05, 0) is 43.0 Å². The summed E-state index contributed by atoms with van der Waals surface area (Å²) in [6.07, 6.45) is 2.08. The van der Waals surface area contributed by atoms with Crippen molar-refractivity contribution >= 4 is 43.7 Å². The van der Waals surface area contributed by atoms with E-state index in [-0.39, 0.29) is 11.3 Å². The van der Waals surface area contributed by atoms with Gasteiger partial charge >= 0.3 is 5.97 Å². The number of carbonyl (C=O) groups is 1. The number of carboxylic acids is 1. The van der Waals surface area contributed by atoms with Crippen LogP contribution < -0.4 is 4.72 Å². The minimum atomic E-state index is -3.86. The second-order valence-corrected chi connectivity index (χ2v) is 7.79. The van der Waals surface area contributed by atoms with Gasteiger partial charge < -0.3 is 5.11 Å². The van der Waals surface area contributed by atoms with E-state index in [2.05, 4.69) is 20.7 Å². The smallest absolute Gasteiger partial charge is 0.321 e. The first-order chi connectivity index (χ1) is 9.27. The molecule has 1 atom stereocenters. The molecule has 0 saturated heterocycles. The molecule has 112 valence electrons. The number of benzene rings is 1. The highest BCUT2D eigenvalue weighted by molar-refractivity contribution is 9.10. The van der Waals surface area contributed by atoms with Crippen LogP contribution in [0, 0.1) is 6.92 Å². The second-order valence-electron chi connectivity index (χ2n) is 4.20. The third kappa shape index (κ3) is 4.76. The highest BCUT2D eigenvalue weighted by Crippen LogP contribution is 2.21. The van der Waals surface area contributed by atoms with Crippen LogP contribution in [0.15, 0.2) is 27.6 Å². The van der Waals surface area contributed by atoms with Crippen LogP contribution in [-0.2, 0) is 14.8 Å². The maximum absolute atomic E-state index is 12.3. The first kappa shape index (κ1) is 17.5. The van der Waals surface area contributed by atoms with Crippen LogP contribution >= 0.6 is 27.7 Å². The van der Waals surface area contributed by atoms with Crippen LogP contribution in [-0.4, -0.2) is 37.5 Å². The van der Waals surface area contributed by atoms with Crippen LogP contribution in [0.5, 0.6) is 0 Å². The standard InChI is InChI=1S/C12H16BrNO4S2/c1-8-3-4-9(13)7-11(8)20(17,18)14-10(12(15)16)5-6-19-2/h3-4,7,10,14H,5-6H2,1-2H3,(H,15,16)/t10-/m1/s1. The van der Waals surface area contributed by atoms with Gasteiger partial charge in [0, 0.05) is 4.47 Å². The summed E-state index contributed by atoms with van der Waals surface area (Å²) in [6.45, 7) is 1.67. The van der Waals surface area contributed by atoms with Gasteiger partial charge in [0.25, 0.3) is 0 Å². The molecule has 8 heteroatoms. The fraction of sp³-hybridized carbons (Fsp3) is 0.417. The average molecular weight is 382 g/mol. The molecule has 0 aliphatic heterocycles. The number of halogens is 1. The number of hydrogen-bond donors (Lipinski definition) is 2. The lowest BCUT2D eigenvalue weighted by atomic mass is 10.2. The van der Waals surface area contributed by atoms with Gasteiger partial charge in [-0.3, -0.25) is 4.79 Å². The molecule has 1 aromatic carbocycles. The molecule has 0 radical (unpaired) electrons. The molecular formula is C12H16BrNO4S2. The van der Waals surface area contributed by atoms with Crippen LogP contribution in [0.2, 0.25) is 0 Å². The molecule has 0 amide bonds. The Morgan fingerprint density at radius 3 is 2.70 bits per heavy atom. The SMILES string of the molecule is CSCC[C@@H](NS(=O)(=O)c1cc(Br)ccc1C)C(=O)O. The van der Waals surface area contributed by atoms with Gasteiger partial charge in [0.05, 0.1) is 4.90 Å². The van der Waals surface area contributed by atoms with Crippen molar-refractivity contribution < 1.29 is 18.3 Å². The number of nitrogens with one attached hydrogen (secondary N) is 1. The van der Waals surface area contributed by atoms with Gasteiger partial charge in [-0.1, -0.05) is 22.0 Å². The summed E-state index contributed by atoms with van der Waals surface area (Å²) in [5.74, 6) is -0.605. The largest absolute Gasteiger partial charge is 0.480 e. The van der Waals surface area contributed by atoms with Crippen molar-refractivity contribution in [3.8, 4) is 0 Å². The van der Waals surface area contributed by atoms with Gasteiger partial charge in [0.1, 0.15) is 6.04 Å². The number of aryl methyl sites for hydroxylation is 1. The maximum atomic E-state index is 12.3. The zero-order chi connectivity index (χ0) is 15.3. The van der Waals surface area contributed by atoms with Gasteiger partial charge in [-0.25, -0.2) is 8.42 Å². The number of carboxylic acid groups (broad SMARTS) is 1. The van der Waals surface area contributed by atoms with E-state index in [9.17, 15) is 13.2 Å². The molecule has 20 heavy (non-hydrogen) atoms. The summed E-state index contributed by atoms with van der Waals surface area (Å²) in [5.41, 5.74) is 0.565. The molecule has 0 saturated carbocycles. The van der Waals surface area contributed by atoms with Crippen LogP contribution in [0.4, 0.5) is 0 Å². The van der Waals surface area contributed by atoms with Gasteiger partial charge in [0.15, 0.2) is 0 Å². The van der Waals surface area contributed by atoms with Gasteiger partial charge in [0.2, 0.25) is 10.0 Å². The number of thioether (sulfide) groups is 1. The Balaban J connectivity index is 3.03. The first-order valence-corrected chi connectivity index (χ1v) is 9.45. The number of aliphatic carboxylic acids is 1. The summed E-state index contributed by atoms with van der Waals surface area (Å²) in [4.78, 5) is 11.2. The third-order valence-electron chi connectivity index (χ3n) is 2.65.